The number of carbonyl (C=O) groups excluding carboxylic acids is 1. The van der Waals surface area contributed by atoms with Crippen LogP contribution < -0.4 is 5.32 Å². The molecular formula is C23H19F6N3O. The smallest absolute Gasteiger partial charge is 0.347 e. The van der Waals surface area contributed by atoms with Gasteiger partial charge in [0.2, 0.25) is 0 Å². The van der Waals surface area contributed by atoms with E-state index in [0.717, 1.165) is 17.7 Å². The van der Waals surface area contributed by atoms with Crippen LogP contribution in [0.2, 0.25) is 0 Å². The monoisotopic (exact) mass is 467 g/mol. The van der Waals surface area contributed by atoms with Crippen molar-refractivity contribution in [2.24, 2.45) is 0 Å². The Balaban J connectivity index is 1.53. The first-order chi connectivity index (χ1) is 15.5. The van der Waals surface area contributed by atoms with Crippen molar-refractivity contribution in [3.05, 3.63) is 88.5 Å². The summed E-state index contributed by atoms with van der Waals surface area (Å²) >= 11 is 0. The standard InChI is InChI=1S/C23H19F6N3O/c24-22(25,26)17-8-16(9-18(10-17)23(27,28)29)15-6-7-20-31-19(13-32(20)12-15)21(33)30-11-14-4-2-1-3-5-14/h1-5,8-10,13,15H,6-7,11-12H2,(H,30,33)/t15-/m0/s1. The van der Waals surface area contributed by atoms with Crippen molar-refractivity contribution in [1.29, 1.82) is 0 Å². The van der Waals surface area contributed by atoms with Crippen molar-refractivity contribution in [3.63, 3.8) is 0 Å². The van der Waals surface area contributed by atoms with E-state index in [-0.39, 0.29) is 23.9 Å². The maximum absolute atomic E-state index is 13.2. The number of hydrogen-bond donors (Lipinski definition) is 1. The Hall–Kier alpha value is -3.30. The van der Waals surface area contributed by atoms with Crippen LogP contribution in [-0.2, 0) is 31.9 Å². The SMILES string of the molecule is O=C(NCc1ccccc1)c1cn2c(n1)CC[C@H](c1cc(C(F)(F)F)cc(C(F)(F)F)c1)C2. The number of rotatable bonds is 4. The van der Waals surface area contributed by atoms with Crippen LogP contribution in [0.1, 0.15) is 50.9 Å². The maximum atomic E-state index is 13.2. The molecule has 0 unspecified atom stereocenters. The molecule has 2 heterocycles. The van der Waals surface area contributed by atoms with E-state index in [2.05, 4.69) is 10.3 Å². The van der Waals surface area contributed by atoms with Gasteiger partial charge >= 0.3 is 12.4 Å². The Morgan fingerprint density at radius 1 is 1.00 bits per heavy atom. The lowest BCUT2D eigenvalue weighted by Gasteiger charge is -2.25. The van der Waals surface area contributed by atoms with Crippen molar-refractivity contribution < 1.29 is 31.1 Å². The number of fused-ring (bicyclic) bond motifs is 1. The van der Waals surface area contributed by atoms with Crippen molar-refractivity contribution in [2.75, 3.05) is 0 Å². The van der Waals surface area contributed by atoms with Gasteiger partial charge in [-0.3, -0.25) is 4.79 Å². The summed E-state index contributed by atoms with van der Waals surface area (Å²) < 4.78 is 80.8. The lowest BCUT2D eigenvalue weighted by Crippen LogP contribution is -2.23. The highest BCUT2D eigenvalue weighted by Gasteiger charge is 2.38. The largest absolute Gasteiger partial charge is 0.416 e. The Kier molecular flexibility index (Phi) is 5.94. The normalized spacial score (nSPS) is 16.4. The molecule has 3 aromatic rings. The molecule has 174 valence electrons. The summed E-state index contributed by atoms with van der Waals surface area (Å²) in [4.78, 5) is 16.8. The summed E-state index contributed by atoms with van der Waals surface area (Å²) in [6, 6.07) is 10.9. The second kappa shape index (κ2) is 8.57. The fraction of sp³-hybridized carbons (Fsp3) is 0.304. The van der Waals surface area contributed by atoms with Crippen LogP contribution >= 0.6 is 0 Å². The van der Waals surface area contributed by atoms with Crippen LogP contribution in [0.3, 0.4) is 0 Å². The molecule has 33 heavy (non-hydrogen) atoms. The molecule has 0 fully saturated rings. The average molecular weight is 467 g/mol. The number of hydrogen-bond acceptors (Lipinski definition) is 2. The summed E-state index contributed by atoms with van der Waals surface area (Å²) in [5.41, 5.74) is -1.64. The molecule has 1 aliphatic rings. The van der Waals surface area contributed by atoms with Gasteiger partial charge in [-0.15, -0.1) is 0 Å². The van der Waals surface area contributed by atoms with Crippen LogP contribution in [0.15, 0.2) is 54.7 Å². The average Bonchev–Trinajstić information content (AvgIpc) is 3.20. The Morgan fingerprint density at radius 3 is 2.24 bits per heavy atom. The molecule has 0 bridgehead atoms. The predicted octanol–water partition coefficient (Wildman–Crippen LogP) is 5.58. The van der Waals surface area contributed by atoms with Crippen LogP contribution in [-0.4, -0.2) is 15.5 Å². The van der Waals surface area contributed by atoms with Crippen LogP contribution in [0.5, 0.6) is 0 Å². The van der Waals surface area contributed by atoms with Crippen LogP contribution in [0.25, 0.3) is 0 Å². The van der Waals surface area contributed by atoms with Gasteiger partial charge in [0.25, 0.3) is 5.91 Å². The number of halogens is 6. The molecule has 1 aromatic heterocycles. The third kappa shape index (κ3) is 5.20. The van der Waals surface area contributed by atoms with E-state index in [4.69, 9.17) is 0 Å². The number of aryl methyl sites for hydroxylation is 1. The predicted molar refractivity (Wildman–Crippen MR) is 107 cm³/mol. The van der Waals surface area contributed by atoms with Gasteiger partial charge in [0.1, 0.15) is 11.5 Å². The second-order valence-corrected chi connectivity index (χ2v) is 7.94. The van der Waals surface area contributed by atoms with E-state index in [1.807, 2.05) is 30.3 Å². The summed E-state index contributed by atoms with van der Waals surface area (Å²) in [6.07, 6.45) is -7.65. The molecular weight excluding hydrogens is 448 g/mol. The summed E-state index contributed by atoms with van der Waals surface area (Å²) in [6.45, 7) is 0.432. The topological polar surface area (TPSA) is 46.9 Å². The first kappa shape index (κ1) is 22.9. The Morgan fingerprint density at radius 2 is 1.64 bits per heavy atom. The molecule has 4 rings (SSSR count). The zero-order valence-electron chi connectivity index (χ0n) is 17.2. The quantitative estimate of drug-likeness (QED) is 0.510. The minimum atomic E-state index is -4.89. The van der Waals surface area contributed by atoms with Gasteiger partial charge in [-0.05, 0) is 35.7 Å². The van der Waals surface area contributed by atoms with E-state index in [1.165, 1.54) is 6.20 Å². The van der Waals surface area contributed by atoms with Crippen molar-refractivity contribution >= 4 is 5.91 Å². The number of aromatic nitrogens is 2. The van der Waals surface area contributed by atoms with Crippen LogP contribution in [0.4, 0.5) is 26.3 Å². The molecule has 4 nitrogen and oxygen atoms in total. The van der Waals surface area contributed by atoms with E-state index in [0.29, 0.717) is 25.2 Å². The van der Waals surface area contributed by atoms with Crippen LogP contribution in [0, 0.1) is 0 Å². The first-order valence-corrected chi connectivity index (χ1v) is 10.2. The van der Waals surface area contributed by atoms with Gasteiger partial charge in [-0.1, -0.05) is 30.3 Å². The number of nitrogens with one attached hydrogen (secondary N) is 1. The van der Waals surface area contributed by atoms with Gasteiger partial charge in [0, 0.05) is 31.6 Å². The van der Waals surface area contributed by atoms with Gasteiger partial charge in [0.15, 0.2) is 0 Å². The molecule has 0 saturated carbocycles. The van der Waals surface area contributed by atoms with E-state index in [1.54, 1.807) is 4.57 Å². The van der Waals surface area contributed by atoms with E-state index >= 15 is 0 Å². The number of benzene rings is 2. The first-order valence-electron chi connectivity index (χ1n) is 10.2. The molecule has 1 amide bonds. The third-order valence-electron chi connectivity index (χ3n) is 5.60. The molecule has 1 atom stereocenters. The number of nitrogens with zero attached hydrogens (tertiary/aromatic N) is 2. The zero-order valence-corrected chi connectivity index (χ0v) is 17.2. The number of imidazole rings is 1. The zero-order chi connectivity index (χ0) is 23.8. The fourth-order valence-corrected chi connectivity index (χ4v) is 3.91. The van der Waals surface area contributed by atoms with Gasteiger partial charge in [-0.2, -0.15) is 26.3 Å². The highest BCUT2D eigenvalue weighted by atomic mass is 19.4. The Bertz CT molecular complexity index is 1120. The van der Waals surface area contributed by atoms with E-state index in [9.17, 15) is 31.1 Å². The number of amides is 1. The van der Waals surface area contributed by atoms with E-state index < -0.39 is 35.3 Å². The number of alkyl halides is 6. The Labute approximate surface area is 185 Å². The lowest BCUT2D eigenvalue weighted by molar-refractivity contribution is -0.143. The molecule has 0 spiro atoms. The van der Waals surface area contributed by atoms with Crippen molar-refractivity contribution in [2.45, 2.75) is 44.2 Å². The molecule has 0 radical (unpaired) electrons. The molecule has 2 aromatic carbocycles. The summed E-state index contributed by atoms with van der Waals surface area (Å²) in [7, 11) is 0. The van der Waals surface area contributed by atoms with Crippen molar-refractivity contribution in [1.82, 2.24) is 14.9 Å². The van der Waals surface area contributed by atoms with Gasteiger partial charge in [0.05, 0.1) is 11.1 Å². The minimum absolute atomic E-state index is 0.0356. The highest BCUT2D eigenvalue weighted by molar-refractivity contribution is 5.92. The molecule has 1 aliphatic heterocycles. The lowest BCUT2D eigenvalue weighted by atomic mass is 9.89. The summed E-state index contributed by atoms with van der Waals surface area (Å²) in [5, 5.41) is 2.75. The van der Waals surface area contributed by atoms with Gasteiger partial charge in [-0.25, -0.2) is 4.98 Å². The van der Waals surface area contributed by atoms with Crippen molar-refractivity contribution in [3.8, 4) is 0 Å². The van der Waals surface area contributed by atoms with Gasteiger partial charge < -0.3 is 9.88 Å². The fourth-order valence-electron chi connectivity index (χ4n) is 3.91. The highest BCUT2D eigenvalue weighted by Crippen LogP contribution is 2.39. The molecule has 1 N–H and O–H groups in total. The maximum Gasteiger partial charge on any atom is 0.416 e. The molecule has 0 saturated heterocycles. The molecule has 10 heteroatoms. The number of carbonyl (C=O) groups is 1. The third-order valence-corrected chi connectivity index (χ3v) is 5.60. The molecule has 0 aliphatic carbocycles. The second-order valence-electron chi connectivity index (χ2n) is 7.94. The summed E-state index contributed by atoms with van der Waals surface area (Å²) in [5.74, 6) is -0.412. The minimum Gasteiger partial charge on any atom is -0.347 e.